The highest BCUT2D eigenvalue weighted by atomic mass is 16.7. The van der Waals surface area contributed by atoms with Gasteiger partial charge in [-0.1, -0.05) is 67.0 Å². The third-order valence-corrected chi connectivity index (χ3v) is 19.4. The van der Waals surface area contributed by atoms with Gasteiger partial charge < -0.3 is 84.6 Å². The second-order valence-electron chi connectivity index (χ2n) is 23.8. The van der Waals surface area contributed by atoms with E-state index in [4.69, 9.17) is 28.4 Å². The lowest BCUT2D eigenvalue weighted by molar-refractivity contribution is -0.331. The van der Waals surface area contributed by atoms with Crippen LogP contribution in [0.15, 0.2) is 11.6 Å². The number of allylic oxidation sites excluding steroid dienone is 1. The van der Waals surface area contributed by atoms with Gasteiger partial charge in [0, 0.05) is 22.7 Å². The fraction of sp³-hybridized carbons (Fsp3) is 0.960. The molecule has 17 heteroatoms. The van der Waals surface area contributed by atoms with E-state index in [1.807, 2.05) is 0 Å². The lowest BCUT2D eigenvalue weighted by Gasteiger charge is -2.67. The van der Waals surface area contributed by atoms with Crippen molar-refractivity contribution < 1.29 is 84.6 Å². The van der Waals surface area contributed by atoms with Gasteiger partial charge in [0.1, 0.15) is 42.7 Å². The average Bonchev–Trinajstić information content (AvgIpc) is 3.54. The van der Waals surface area contributed by atoms with Crippen LogP contribution in [0, 0.1) is 57.2 Å². The van der Waals surface area contributed by atoms with Gasteiger partial charge in [-0.25, -0.2) is 0 Å². The molecule has 388 valence electrons. The van der Waals surface area contributed by atoms with Gasteiger partial charge in [-0.05, 0) is 99.7 Å². The third-order valence-electron chi connectivity index (χ3n) is 19.4. The minimum absolute atomic E-state index is 0.0852. The average molecular weight is 959 g/mol. The molecule has 3 heterocycles. The Morgan fingerprint density at radius 1 is 0.701 bits per heavy atom. The smallest absolute Gasteiger partial charge is 0.187 e. The van der Waals surface area contributed by atoms with E-state index in [1.165, 1.54) is 5.57 Å². The first-order valence-electron chi connectivity index (χ1n) is 25.2. The summed E-state index contributed by atoms with van der Waals surface area (Å²) >= 11 is 0. The van der Waals surface area contributed by atoms with Gasteiger partial charge in [-0.3, -0.25) is 0 Å². The van der Waals surface area contributed by atoms with Crippen LogP contribution in [-0.4, -0.2) is 180 Å². The van der Waals surface area contributed by atoms with E-state index in [1.54, 1.807) is 27.7 Å². The zero-order valence-electron chi connectivity index (χ0n) is 41.4. The zero-order chi connectivity index (χ0) is 49.5. The molecule has 0 radical (unpaired) electrons. The van der Waals surface area contributed by atoms with E-state index in [-0.39, 0.29) is 47.2 Å². The molecule has 6 fully saturated rings. The Balaban J connectivity index is 1.01. The number of hydrogen-bond donors (Lipinski definition) is 11. The van der Waals surface area contributed by atoms with Crippen LogP contribution in [-0.2, 0) is 28.4 Å². The summed E-state index contributed by atoms with van der Waals surface area (Å²) in [4.78, 5) is 0. The maximum absolute atomic E-state index is 12.6. The molecule has 0 spiro atoms. The van der Waals surface area contributed by atoms with Gasteiger partial charge in [0.25, 0.3) is 0 Å². The minimum Gasteiger partial charge on any atom is -0.394 e. The monoisotopic (exact) mass is 959 g/mol. The molecule has 3 saturated heterocycles. The summed E-state index contributed by atoms with van der Waals surface area (Å²) in [5, 5.41) is 119. The molecule has 0 bridgehead atoms. The Bertz CT molecular complexity index is 1710. The predicted molar refractivity (Wildman–Crippen MR) is 241 cm³/mol. The maximum Gasteiger partial charge on any atom is 0.187 e. The van der Waals surface area contributed by atoms with Crippen molar-refractivity contribution >= 4 is 0 Å². The fourth-order valence-electron chi connectivity index (χ4n) is 14.6. The number of hydrogen-bond acceptors (Lipinski definition) is 17. The number of ether oxygens (including phenoxy) is 6. The first-order chi connectivity index (χ1) is 31.2. The molecule has 17 nitrogen and oxygen atoms in total. The van der Waals surface area contributed by atoms with Crippen molar-refractivity contribution in [1.29, 1.82) is 0 Å². The molecule has 0 amide bonds. The first kappa shape index (κ1) is 53.8. The molecule has 67 heavy (non-hydrogen) atoms. The van der Waals surface area contributed by atoms with Crippen molar-refractivity contribution in [3.8, 4) is 0 Å². The normalized spacial score (nSPS) is 51.0. The quantitative estimate of drug-likeness (QED) is 0.110. The van der Waals surface area contributed by atoms with Crippen LogP contribution in [0.5, 0.6) is 0 Å². The van der Waals surface area contributed by atoms with Crippen LogP contribution >= 0.6 is 0 Å². The van der Waals surface area contributed by atoms with Gasteiger partial charge in [0.05, 0.1) is 62.0 Å². The SMILES string of the molecule is C[C@H]1[C@H](O)[C@@H](O)[C@H](O[C@H](CC[C@@H](C)C2CC[C@@]3(C)C4CC=C5C(CC[C@H](O[C@@H]6O[C@H](CO)[C@@H](O)[C@H](O)[C@H]6O)C5(C)C)[C@]4(C)[C@H](O)C[C@]23C)C(C)(C)O)O[C@@H]1COC1O[C@H](CO)[C@@H](O)[C@H](C)[C@H]1O. The molecule has 7 aliphatic rings. The molecule has 0 aromatic rings. The largest absolute Gasteiger partial charge is 0.394 e. The summed E-state index contributed by atoms with van der Waals surface area (Å²) in [6, 6.07) is 0. The molecule has 4 unspecified atom stereocenters. The molecule has 0 aromatic carbocycles. The molecule has 25 atom stereocenters. The van der Waals surface area contributed by atoms with E-state index in [0.29, 0.717) is 25.7 Å². The lowest BCUT2D eigenvalue weighted by Crippen LogP contribution is -2.65. The molecular weight excluding hydrogens is 873 g/mol. The van der Waals surface area contributed by atoms with Gasteiger partial charge in [-0.15, -0.1) is 0 Å². The second kappa shape index (κ2) is 19.8. The summed E-state index contributed by atoms with van der Waals surface area (Å²) in [6.45, 7) is 19.1. The van der Waals surface area contributed by atoms with Crippen molar-refractivity contribution in [2.75, 3.05) is 19.8 Å². The highest BCUT2D eigenvalue weighted by Crippen LogP contribution is 2.75. The van der Waals surface area contributed by atoms with Gasteiger partial charge in [0.15, 0.2) is 18.9 Å². The number of aliphatic hydroxyl groups excluding tert-OH is 10. The van der Waals surface area contributed by atoms with E-state index < -0.39 is 134 Å². The van der Waals surface area contributed by atoms with Crippen LogP contribution in [0.25, 0.3) is 0 Å². The van der Waals surface area contributed by atoms with Crippen molar-refractivity contribution in [2.45, 2.75) is 224 Å². The highest BCUT2D eigenvalue weighted by Gasteiger charge is 2.70. The van der Waals surface area contributed by atoms with Crippen LogP contribution in [0.3, 0.4) is 0 Å². The second-order valence-corrected chi connectivity index (χ2v) is 23.8. The Hall–Kier alpha value is -0.940. The van der Waals surface area contributed by atoms with Crippen LogP contribution in [0.1, 0.15) is 121 Å². The minimum atomic E-state index is -1.53. The molecule has 0 aromatic heterocycles. The third kappa shape index (κ3) is 9.27. The van der Waals surface area contributed by atoms with Crippen molar-refractivity contribution in [1.82, 2.24) is 0 Å². The van der Waals surface area contributed by atoms with E-state index in [2.05, 4.69) is 47.6 Å². The Morgan fingerprint density at radius 3 is 1.96 bits per heavy atom. The Morgan fingerprint density at radius 2 is 1.31 bits per heavy atom. The molecule has 3 saturated carbocycles. The Kier molecular flexibility index (Phi) is 15.9. The lowest BCUT2D eigenvalue weighted by atomic mass is 9.38. The maximum atomic E-state index is 12.6. The topological polar surface area (TPSA) is 278 Å². The molecule has 3 aliphatic heterocycles. The predicted octanol–water partition coefficient (Wildman–Crippen LogP) is 1.49. The van der Waals surface area contributed by atoms with E-state index >= 15 is 0 Å². The molecular formula is C50H86O17. The standard InChI is InChI=1S/C50H86O17/c1-23(11-15-35(47(6,7)61)67-44-41(59)37(55)24(2)31(65-44)22-62-43-38(56)25(3)36(54)29(20-51)63-43)26-17-18-48(8)32-14-12-27-28(50(32,10)33(53)19-49(26,48)9)13-16-34(46(27,4)5)66-45-42(60)40(58)39(57)30(21-52)64-45/h12,23-26,28-45,51-61H,11,13-22H2,1-10H3/t23-,24-,25+,26?,28?,29-,30-,31-,32?,33-,34+,35-,36+,37+,38-,39-,40+,41-,42-,43?,44+,45+,48+,49-,50+/m1/s1. The molecule has 7 rings (SSSR count). The van der Waals surface area contributed by atoms with Gasteiger partial charge in [0.2, 0.25) is 0 Å². The summed E-state index contributed by atoms with van der Waals surface area (Å²) < 4.78 is 36.4. The van der Waals surface area contributed by atoms with Crippen molar-refractivity contribution in [3.63, 3.8) is 0 Å². The summed E-state index contributed by atoms with van der Waals surface area (Å²) in [7, 11) is 0. The summed E-state index contributed by atoms with van der Waals surface area (Å²) in [5.41, 5.74) is -1.36. The van der Waals surface area contributed by atoms with Crippen LogP contribution in [0.2, 0.25) is 0 Å². The Labute approximate surface area is 396 Å². The van der Waals surface area contributed by atoms with Gasteiger partial charge in [-0.2, -0.15) is 0 Å². The zero-order valence-corrected chi connectivity index (χ0v) is 41.4. The fourth-order valence-corrected chi connectivity index (χ4v) is 14.6. The number of fused-ring (bicyclic) bond motifs is 5. The summed E-state index contributed by atoms with van der Waals surface area (Å²) in [6.07, 6.45) is -9.46. The summed E-state index contributed by atoms with van der Waals surface area (Å²) in [5.74, 6) is -0.530. The highest BCUT2D eigenvalue weighted by molar-refractivity contribution is 5.32. The van der Waals surface area contributed by atoms with Crippen molar-refractivity contribution in [2.24, 2.45) is 57.2 Å². The van der Waals surface area contributed by atoms with E-state index in [0.717, 1.165) is 25.7 Å². The molecule has 4 aliphatic carbocycles. The first-order valence-corrected chi connectivity index (χ1v) is 25.2. The number of rotatable bonds is 14. The van der Waals surface area contributed by atoms with E-state index in [9.17, 15) is 56.2 Å². The van der Waals surface area contributed by atoms with Crippen LogP contribution in [0.4, 0.5) is 0 Å². The van der Waals surface area contributed by atoms with Crippen molar-refractivity contribution in [3.05, 3.63) is 11.6 Å². The van der Waals surface area contributed by atoms with Crippen LogP contribution < -0.4 is 0 Å². The number of aliphatic hydroxyl groups is 11. The van der Waals surface area contributed by atoms with Gasteiger partial charge >= 0.3 is 0 Å². The molecule has 11 N–H and O–H groups in total.